The predicted molar refractivity (Wildman–Crippen MR) is 262 cm³/mol. The number of hydrogen-bond acceptors (Lipinski definition) is 2. The van der Waals surface area contributed by atoms with E-state index in [-0.39, 0.29) is 5.41 Å². The monoisotopic (exact) mass is 784 g/mol. The summed E-state index contributed by atoms with van der Waals surface area (Å²) in [7, 11) is -0.647. The fourth-order valence-electron chi connectivity index (χ4n) is 10.2. The third kappa shape index (κ3) is 6.51. The Kier molecular flexibility index (Phi) is 9.59. The molecule has 1 N–H and O–H groups in total. The van der Waals surface area contributed by atoms with Gasteiger partial charge in [-0.3, -0.25) is 0 Å². The normalized spacial score (nSPS) is 21.4. The molecule has 0 saturated carbocycles. The van der Waals surface area contributed by atoms with Gasteiger partial charge in [0.2, 0.25) is 0 Å². The second-order valence-corrected chi connectivity index (χ2v) is 23.6. The number of allylic oxidation sites excluding steroid dienone is 6. The van der Waals surface area contributed by atoms with Crippen LogP contribution in [0.4, 0.5) is 17.1 Å². The fourth-order valence-corrected chi connectivity index (χ4v) is 12.0. The molecule has 4 aliphatic rings. The number of nitrogens with one attached hydrogen (secondary N) is 1. The quantitative estimate of drug-likeness (QED) is 0.142. The first kappa shape index (κ1) is 37.8. The van der Waals surface area contributed by atoms with E-state index in [0.29, 0.717) is 5.66 Å². The SMILES string of the molecule is CC1/C=C\C=C/CNC/C(c2c3c(cc4c2-c2ccccc2C4)N(c2ccccc2-c2ccccc2)c2cc4c(cc2B3)C(C)(C)c2ccccc2-4)=C\C=C/C[PH]1(C)C. The number of fused-ring (bicyclic) bond motifs is 8. The van der Waals surface area contributed by atoms with E-state index in [1.165, 1.54) is 94.8 Å². The van der Waals surface area contributed by atoms with E-state index < -0.39 is 7.26 Å². The van der Waals surface area contributed by atoms with Crippen LogP contribution in [0.15, 0.2) is 164 Å². The Morgan fingerprint density at radius 3 is 2.25 bits per heavy atom. The average molecular weight is 785 g/mol. The second kappa shape index (κ2) is 15.0. The number of hydrogen-bond donors (Lipinski definition) is 1. The van der Waals surface area contributed by atoms with Gasteiger partial charge in [0.15, 0.2) is 0 Å². The zero-order valence-corrected chi connectivity index (χ0v) is 36.1. The van der Waals surface area contributed by atoms with Crippen molar-refractivity contribution < 1.29 is 0 Å². The van der Waals surface area contributed by atoms with E-state index in [9.17, 15) is 0 Å². The maximum atomic E-state index is 3.86. The molecule has 59 heavy (non-hydrogen) atoms. The van der Waals surface area contributed by atoms with E-state index in [2.05, 4.69) is 208 Å². The summed E-state index contributed by atoms with van der Waals surface area (Å²) in [6.45, 7) is 13.9. The Hall–Kier alpha value is -5.47. The van der Waals surface area contributed by atoms with Crippen LogP contribution in [0.1, 0.15) is 48.6 Å². The van der Waals surface area contributed by atoms with Crippen molar-refractivity contribution in [2.24, 2.45) is 0 Å². The molecule has 2 heterocycles. The van der Waals surface area contributed by atoms with E-state index in [4.69, 9.17) is 0 Å². The van der Waals surface area contributed by atoms with Crippen LogP contribution >= 0.6 is 7.26 Å². The molecule has 6 aromatic carbocycles. The topological polar surface area (TPSA) is 15.3 Å². The molecule has 10 rings (SSSR count). The van der Waals surface area contributed by atoms with Crippen LogP contribution in [0.5, 0.6) is 0 Å². The molecule has 0 aromatic heterocycles. The molecule has 6 aromatic rings. The summed E-state index contributed by atoms with van der Waals surface area (Å²) in [4.78, 5) is 2.63. The fraction of sp³-hybridized carbons (Fsp3) is 0.200. The number of para-hydroxylation sites is 1. The molecule has 2 nitrogen and oxygen atoms in total. The zero-order valence-electron chi connectivity index (χ0n) is 35.1. The Morgan fingerprint density at radius 1 is 0.661 bits per heavy atom. The Bertz CT molecular complexity index is 2750. The minimum atomic E-state index is -1.51. The van der Waals surface area contributed by atoms with E-state index >= 15 is 0 Å². The molecule has 0 amide bonds. The van der Waals surface area contributed by atoms with Crippen molar-refractivity contribution in [3.05, 3.63) is 192 Å². The molecule has 0 spiro atoms. The van der Waals surface area contributed by atoms with Crippen LogP contribution in [0.3, 0.4) is 0 Å². The minimum absolute atomic E-state index is 0.0899. The van der Waals surface area contributed by atoms with Crippen LogP contribution in [-0.4, -0.2) is 45.5 Å². The summed E-state index contributed by atoms with van der Waals surface area (Å²) >= 11 is 0. The molecular formula is C55H54BN2P. The van der Waals surface area contributed by atoms with Gasteiger partial charge >= 0.3 is 269 Å². The Labute approximate surface area is 352 Å². The molecule has 0 radical (unpaired) electrons. The average Bonchev–Trinajstić information content (AvgIpc) is 3.73. The molecule has 0 bridgehead atoms. The van der Waals surface area contributed by atoms with Crippen molar-refractivity contribution >= 4 is 48.1 Å². The Balaban J connectivity index is 1.25. The number of rotatable bonds is 3. The molecule has 292 valence electrons. The van der Waals surface area contributed by atoms with Crippen molar-refractivity contribution in [1.82, 2.24) is 5.32 Å². The van der Waals surface area contributed by atoms with Crippen molar-refractivity contribution in [3.63, 3.8) is 0 Å². The van der Waals surface area contributed by atoms with Gasteiger partial charge in [-0.2, -0.15) is 0 Å². The van der Waals surface area contributed by atoms with E-state index in [1.54, 1.807) is 0 Å². The standard InChI is InChI=1S/C55H54BN2P/c1-37-20-8-7-18-30-57-36-40(24-17-19-31-59(37,4)5)53-52-41(32-39-23-11-12-26-43(39)52)33-51-54(53)56-48-35-47-45(44-27-13-15-28-46(44)55(47,2)3)34-50(48)58(51)49-29-16-14-25-42(49)38-21-9-6-10-22-38/h6-29,33-35,37,56-57,59H,30-32,36H2,1-5H3/b18-7-,19-17-,20-8-,40-24+. The summed E-state index contributed by atoms with van der Waals surface area (Å²) in [6, 6.07) is 45.9. The van der Waals surface area contributed by atoms with Gasteiger partial charge in [-0.25, -0.2) is 0 Å². The summed E-state index contributed by atoms with van der Waals surface area (Å²) in [5.41, 5.74) is 23.5. The van der Waals surface area contributed by atoms with Crippen LogP contribution in [0.25, 0.3) is 39.0 Å². The van der Waals surface area contributed by atoms with Gasteiger partial charge in [-0.1, -0.05) is 74.5 Å². The van der Waals surface area contributed by atoms with Crippen LogP contribution in [0, 0.1) is 0 Å². The summed E-state index contributed by atoms with van der Waals surface area (Å²) < 4.78 is 0. The van der Waals surface area contributed by atoms with Crippen LogP contribution in [-0.2, 0) is 11.8 Å². The Morgan fingerprint density at radius 2 is 1.41 bits per heavy atom. The summed E-state index contributed by atoms with van der Waals surface area (Å²) in [5, 5.41) is 3.86. The van der Waals surface area contributed by atoms with Gasteiger partial charge in [-0.15, -0.1) is 0 Å². The first-order valence-corrected chi connectivity index (χ1v) is 24.9. The van der Waals surface area contributed by atoms with Crippen molar-refractivity contribution in [1.29, 1.82) is 0 Å². The van der Waals surface area contributed by atoms with Crippen molar-refractivity contribution in [2.75, 3.05) is 37.5 Å². The molecule has 4 heteroatoms. The third-order valence-electron chi connectivity index (χ3n) is 13.9. The first-order chi connectivity index (χ1) is 28.7. The van der Waals surface area contributed by atoms with Crippen molar-refractivity contribution in [2.45, 2.75) is 38.3 Å². The van der Waals surface area contributed by atoms with Gasteiger partial charge in [0.25, 0.3) is 0 Å². The molecule has 0 saturated heterocycles. The molecule has 1 atom stereocenters. The van der Waals surface area contributed by atoms with E-state index in [0.717, 1.165) is 33.0 Å². The molecule has 2 aliphatic carbocycles. The van der Waals surface area contributed by atoms with Crippen molar-refractivity contribution in [3.8, 4) is 33.4 Å². The summed E-state index contributed by atoms with van der Waals surface area (Å²) in [6.07, 6.45) is 18.5. The van der Waals surface area contributed by atoms with Gasteiger partial charge < -0.3 is 0 Å². The number of nitrogens with zero attached hydrogens (tertiary/aromatic N) is 1. The van der Waals surface area contributed by atoms with Gasteiger partial charge in [0, 0.05) is 0 Å². The van der Waals surface area contributed by atoms with Crippen LogP contribution < -0.4 is 21.1 Å². The third-order valence-corrected chi connectivity index (χ3v) is 17.8. The summed E-state index contributed by atoms with van der Waals surface area (Å²) in [5.74, 6) is 0. The zero-order chi connectivity index (χ0) is 40.3. The number of anilines is 3. The molecular weight excluding hydrogens is 730 g/mol. The van der Waals surface area contributed by atoms with Gasteiger partial charge in [0.05, 0.1) is 0 Å². The van der Waals surface area contributed by atoms with E-state index in [1.807, 2.05) is 0 Å². The molecule has 2 aliphatic heterocycles. The predicted octanol–water partition coefficient (Wildman–Crippen LogP) is 11.5. The van der Waals surface area contributed by atoms with Gasteiger partial charge in [0.1, 0.15) is 0 Å². The first-order valence-electron chi connectivity index (χ1n) is 21.6. The maximum absolute atomic E-state index is 3.86. The molecule has 0 fully saturated rings. The van der Waals surface area contributed by atoms with Crippen LogP contribution in [0.2, 0.25) is 0 Å². The number of benzene rings is 6. The molecule has 1 unspecified atom stereocenters. The second-order valence-electron chi connectivity index (χ2n) is 18.3. The van der Waals surface area contributed by atoms with Gasteiger partial charge in [-0.05, 0) is 11.1 Å².